The topological polar surface area (TPSA) is 38.3 Å². The molecule has 3 nitrogen and oxygen atoms in total. The van der Waals surface area contributed by atoms with Gasteiger partial charge in [0.1, 0.15) is 0 Å². The molecule has 0 atom stereocenters. The summed E-state index contributed by atoms with van der Waals surface area (Å²) in [6, 6.07) is 0. The van der Waals surface area contributed by atoms with Crippen LogP contribution in [0.5, 0.6) is 0 Å². The number of hydrogen-bond donors (Lipinski definition) is 1. The molecule has 1 N–H and O–H groups in total. The van der Waals surface area contributed by atoms with Crippen LogP contribution in [-0.2, 0) is 4.74 Å². The molecule has 1 aliphatic carbocycles. The second kappa shape index (κ2) is 5.10. The van der Waals surface area contributed by atoms with Gasteiger partial charge >= 0.3 is 6.09 Å². The van der Waals surface area contributed by atoms with E-state index in [0.29, 0.717) is 0 Å². The van der Waals surface area contributed by atoms with Crippen LogP contribution in [0.25, 0.3) is 0 Å². The molecule has 0 aliphatic heterocycles. The Kier molecular flexibility index (Phi) is 4.06. The highest BCUT2D eigenvalue weighted by atomic mass is 16.6. The molecule has 1 rings (SSSR count). The quantitative estimate of drug-likeness (QED) is 0.730. The molecule has 13 heavy (non-hydrogen) atoms. The monoisotopic (exact) mass is 185 g/mol. The summed E-state index contributed by atoms with van der Waals surface area (Å²) in [7, 11) is 0. The van der Waals surface area contributed by atoms with Crippen LogP contribution in [0.3, 0.4) is 0 Å². The molecule has 0 aromatic rings. The predicted molar refractivity (Wildman–Crippen MR) is 51.6 cm³/mol. The predicted octanol–water partition coefficient (Wildman–Crippen LogP) is 2.31. The summed E-state index contributed by atoms with van der Waals surface area (Å²) in [4.78, 5) is 11.0. The maximum Gasteiger partial charge on any atom is 0.407 e. The number of amides is 1. The molecule has 1 aliphatic rings. The Bertz CT molecular complexity index is 164. The molecule has 1 amide bonds. The van der Waals surface area contributed by atoms with Gasteiger partial charge in [0.2, 0.25) is 0 Å². The zero-order valence-electron chi connectivity index (χ0n) is 8.51. The fourth-order valence-electron chi connectivity index (χ4n) is 1.42. The van der Waals surface area contributed by atoms with E-state index in [4.69, 9.17) is 4.74 Å². The largest absolute Gasteiger partial charge is 0.447 e. The van der Waals surface area contributed by atoms with Crippen LogP contribution in [0, 0.1) is 5.92 Å². The maximum atomic E-state index is 11.0. The zero-order valence-corrected chi connectivity index (χ0v) is 8.51. The number of carbonyl (C=O) groups excluding carboxylic acids is 1. The molecular weight excluding hydrogens is 166 g/mol. The molecule has 0 bridgehead atoms. The molecule has 0 unspecified atom stereocenters. The van der Waals surface area contributed by atoms with E-state index in [-0.39, 0.29) is 12.2 Å². The molecule has 3 heteroatoms. The van der Waals surface area contributed by atoms with Crippen molar-refractivity contribution in [2.24, 2.45) is 5.92 Å². The Hall–Kier alpha value is -0.730. The molecule has 76 valence electrons. The van der Waals surface area contributed by atoms with E-state index in [9.17, 15) is 4.79 Å². The summed E-state index contributed by atoms with van der Waals surface area (Å²) in [6.45, 7) is 4.47. The summed E-state index contributed by atoms with van der Waals surface area (Å²) in [5, 5.41) is 2.75. The van der Waals surface area contributed by atoms with Crippen LogP contribution in [0.2, 0.25) is 0 Å². The lowest BCUT2D eigenvalue weighted by Gasteiger charge is -2.25. The van der Waals surface area contributed by atoms with E-state index in [1.807, 2.05) is 13.8 Å². The fraction of sp³-hybridized carbons (Fsp3) is 0.900. The smallest absolute Gasteiger partial charge is 0.407 e. The van der Waals surface area contributed by atoms with Crippen molar-refractivity contribution in [3.05, 3.63) is 0 Å². The van der Waals surface area contributed by atoms with Crippen LogP contribution < -0.4 is 5.32 Å². The van der Waals surface area contributed by atoms with E-state index in [2.05, 4.69) is 5.32 Å². The third kappa shape index (κ3) is 4.15. The van der Waals surface area contributed by atoms with Crippen molar-refractivity contribution >= 4 is 6.09 Å². The number of nitrogens with one attached hydrogen (secondary N) is 1. The van der Waals surface area contributed by atoms with Crippen molar-refractivity contribution in [1.29, 1.82) is 0 Å². The maximum absolute atomic E-state index is 11.0. The van der Waals surface area contributed by atoms with Gasteiger partial charge in [-0.25, -0.2) is 4.79 Å². The minimum atomic E-state index is -0.283. The lowest BCUT2D eigenvalue weighted by atomic mass is 9.83. The lowest BCUT2D eigenvalue weighted by molar-refractivity contribution is 0.114. The summed E-state index contributed by atoms with van der Waals surface area (Å²) >= 11 is 0. The summed E-state index contributed by atoms with van der Waals surface area (Å²) in [5.41, 5.74) is 0. The van der Waals surface area contributed by atoms with Crippen molar-refractivity contribution in [2.75, 3.05) is 6.54 Å². The number of hydrogen-bond acceptors (Lipinski definition) is 2. The van der Waals surface area contributed by atoms with Crippen LogP contribution >= 0.6 is 0 Å². The van der Waals surface area contributed by atoms with Gasteiger partial charge in [0.15, 0.2) is 0 Å². The highest BCUT2D eigenvalue weighted by Gasteiger charge is 2.16. The fourth-order valence-corrected chi connectivity index (χ4v) is 1.42. The lowest BCUT2D eigenvalue weighted by Crippen LogP contribution is -2.29. The Morgan fingerprint density at radius 2 is 2.23 bits per heavy atom. The van der Waals surface area contributed by atoms with E-state index in [1.54, 1.807) is 0 Å². The highest BCUT2D eigenvalue weighted by Crippen LogP contribution is 2.28. The average Bonchev–Trinajstić information content (AvgIpc) is 1.92. The third-order valence-corrected chi connectivity index (χ3v) is 2.39. The molecule has 0 saturated heterocycles. The van der Waals surface area contributed by atoms with E-state index < -0.39 is 0 Å². The van der Waals surface area contributed by atoms with Gasteiger partial charge in [0, 0.05) is 6.54 Å². The van der Waals surface area contributed by atoms with Gasteiger partial charge in [-0.2, -0.15) is 0 Å². The molecule has 1 saturated carbocycles. The zero-order chi connectivity index (χ0) is 9.68. The molecule has 0 spiro atoms. The normalized spacial score (nSPS) is 16.8. The highest BCUT2D eigenvalue weighted by molar-refractivity contribution is 5.67. The van der Waals surface area contributed by atoms with Gasteiger partial charge in [0.05, 0.1) is 6.10 Å². The Morgan fingerprint density at radius 3 is 2.69 bits per heavy atom. The van der Waals surface area contributed by atoms with Gasteiger partial charge < -0.3 is 10.1 Å². The van der Waals surface area contributed by atoms with Gasteiger partial charge in [-0.1, -0.05) is 19.3 Å². The first-order chi connectivity index (χ1) is 6.18. The van der Waals surface area contributed by atoms with Crippen molar-refractivity contribution < 1.29 is 9.53 Å². The van der Waals surface area contributed by atoms with Crippen molar-refractivity contribution in [1.82, 2.24) is 5.32 Å². The second-order valence-electron chi connectivity index (χ2n) is 3.97. The van der Waals surface area contributed by atoms with Crippen LogP contribution in [0.4, 0.5) is 4.79 Å². The Balaban J connectivity index is 1.94. The van der Waals surface area contributed by atoms with Gasteiger partial charge in [-0.3, -0.25) is 0 Å². The van der Waals surface area contributed by atoms with Gasteiger partial charge in [-0.05, 0) is 26.2 Å². The minimum absolute atomic E-state index is 0.0243. The molecule has 0 aromatic heterocycles. The SMILES string of the molecule is CC(C)OC(=O)NCCC1CCC1. The molecule has 0 heterocycles. The van der Waals surface area contributed by atoms with Crippen molar-refractivity contribution in [3.63, 3.8) is 0 Å². The Morgan fingerprint density at radius 1 is 1.54 bits per heavy atom. The first-order valence-corrected chi connectivity index (χ1v) is 5.13. The van der Waals surface area contributed by atoms with E-state index >= 15 is 0 Å². The van der Waals surface area contributed by atoms with Crippen LogP contribution in [0.1, 0.15) is 39.5 Å². The summed E-state index contributed by atoms with van der Waals surface area (Å²) in [6.07, 6.45) is 4.83. The van der Waals surface area contributed by atoms with Crippen LogP contribution in [0.15, 0.2) is 0 Å². The van der Waals surface area contributed by atoms with Crippen LogP contribution in [-0.4, -0.2) is 18.7 Å². The number of ether oxygens (including phenoxy) is 1. The summed E-state index contributed by atoms with van der Waals surface area (Å²) < 4.78 is 4.93. The number of rotatable bonds is 4. The minimum Gasteiger partial charge on any atom is -0.447 e. The van der Waals surface area contributed by atoms with Gasteiger partial charge in [0.25, 0.3) is 0 Å². The standard InChI is InChI=1S/C10H19NO2/c1-8(2)13-10(12)11-7-6-9-4-3-5-9/h8-9H,3-7H2,1-2H3,(H,11,12). The molecule has 0 radical (unpaired) electrons. The third-order valence-electron chi connectivity index (χ3n) is 2.39. The first-order valence-electron chi connectivity index (χ1n) is 5.13. The number of carbonyl (C=O) groups is 1. The van der Waals surface area contributed by atoms with Crippen molar-refractivity contribution in [3.8, 4) is 0 Å². The van der Waals surface area contributed by atoms with Crippen molar-refractivity contribution in [2.45, 2.75) is 45.6 Å². The number of alkyl carbamates (subject to hydrolysis) is 1. The van der Waals surface area contributed by atoms with E-state index in [1.165, 1.54) is 19.3 Å². The molecule has 1 fully saturated rings. The first kappa shape index (κ1) is 10.4. The second-order valence-corrected chi connectivity index (χ2v) is 3.97. The van der Waals surface area contributed by atoms with E-state index in [0.717, 1.165) is 18.9 Å². The summed E-state index contributed by atoms with van der Waals surface area (Å²) in [5.74, 6) is 0.847. The Labute approximate surface area is 79.8 Å². The molecule has 0 aromatic carbocycles. The van der Waals surface area contributed by atoms with Gasteiger partial charge in [-0.15, -0.1) is 0 Å². The molecular formula is C10H19NO2. The average molecular weight is 185 g/mol.